The quantitative estimate of drug-likeness (QED) is 0.565. The van der Waals surface area contributed by atoms with Crippen LogP contribution >= 0.6 is 34.2 Å². The summed E-state index contributed by atoms with van der Waals surface area (Å²) in [6.45, 7) is 0. The van der Waals surface area contributed by atoms with Crippen molar-refractivity contribution in [3.63, 3.8) is 0 Å². The number of aromatic nitrogens is 1. The number of carbonyl (C=O) groups is 1. The summed E-state index contributed by atoms with van der Waals surface area (Å²) in [4.78, 5) is 14.7. The van der Waals surface area contributed by atoms with Gasteiger partial charge in [0.15, 0.2) is 0 Å². The fourth-order valence-electron chi connectivity index (χ4n) is 1.50. The Balaban J connectivity index is 2.40. The van der Waals surface area contributed by atoms with Crippen LogP contribution in [-0.2, 0) is 10.0 Å². The molecule has 0 saturated carbocycles. The van der Waals surface area contributed by atoms with Crippen LogP contribution in [0.3, 0.4) is 0 Å². The monoisotopic (exact) mass is 438 g/mol. The van der Waals surface area contributed by atoms with Gasteiger partial charge >= 0.3 is 5.97 Å². The maximum Gasteiger partial charge on any atom is 0.336 e. The van der Waals surface area contributed by atoms with Gasteiger partial charge in [0, 0.05) is 3.57 Å². The Kier molecular flexibility index (Phi) is 4.69. The van der Waals surface area contributed by atoms with Gasteiger partial charge in [0.25, 0.3) is 10.0 Å². The van der Waals surface area contributed by atoms with E-state index >= 15 is 0 Å². The fraction of sp³-hybridized carbons (Fsp3) is 0. The van der Waals surface area contributed by atoms with Gasteiger partial charge in [-0.1, -0.05) is 17.7 Å². The zero-order valence-corrected chi connectivity index (χ0v) is 14.0. The molecule has 0 spiro atoms. The van der Waals surface area contributed by atoms with Gasteiger partial charge in [-0.05, 0) is 52.9 Å². The topological polar surface area (TPSA) is 96.4 Å². The van der Waals surface area contributed by atoms with E-state index in [4.69, 9.17) is 16.7 Å². The molecule has 1 heterocycles. The predicted molar refractivity (Wildman–Crippen MR) is 86.2 cm³/mol. The molecule has 2 aromatic rings. The van der Waals surface area contributed by atoms with Crippen molar-refractivity contribution in [2.45, 2.75) is 4.90 Å². The van der Waals surface area contributed by atoms with Crippen molar-refractivity contribution in [1.82, 2.24) is 4.98 Å². The van der Waals surface area contributed by atoms with Crippen molar-refractivity contribution < 1.29 is 18.3 Å². The van der Waals surface area contributed by atoms with Gasteiger partial charge in [-0.25, -0.2) is 18.2 Å². The molecule has 0 amide bonds. The Hall–Kier alpha value is -1.39. The van der Waals surface area contributed by atoms with Crippen molar-refractivity contribution in [3.8, 4) is 0 Å². The average molecular weight is 439 g/mol. The number of hydrogen-bond acceptors (Lipinski definition) is 4. The maximum atomic E-state index is 12.2. The number of carboxylic acid groups (broad SMARTS) is 1. The molecule has 1 aromatic carbocycles. The summed E-state index contributed by atoms with van der Waals surface area (Å²) in [6.07, 6.45) is 0. The van der Waals surface area contributed by atoms with E-state index in [-0.39, 0.29) is 21.4 Å². The van der Waals surface area contributed by atoms with Gasteiger partial charge in [-0.3, -0.25) is 4.72 Å². The SMILES string of the molecule is O=C(O)c1cc(S(=O)(=O)Nc2cccc(Cl)n2)ccc1I. The summed E-state index contributed by atoms with van der Waals surface area (Å²) >= 11 is 7.51. The molecule has 6 nitrogen and oxygen atoms in total. The highest BCUT2D eigenvalue weighted by Crippen LogP contribution is 2.20. The largest absolute Gasteiger partial charge is 0.478 e. The van der Waals surface area contributed by atoms with E-state index in [9.17, 15) is 13.2 Å². The molecular formula is C12H8ClIN2O4S. The highest BCUT2D eigenvalue weighted by atomic mass is 127. The summed E-state index contributed by atoms with van der Waals surface area (Å²) < 4.78 is 27.1. The van der Waals surface area contributed by atoms with Crippen molar-refractivity contribution >= 4 is 56.0 Å². The maximum absolute atomic E-state index is 12.2. The van der Waals surface area contributed by atoms with Gasteiger partial charge in [0.1, 0.15) is 11.0 Å². The lowest BCUT2D eigenvalue weighted by Gasteiger charge is -2.09. The molecule has 9 heteroatoms. The molecule has 2 rings (SSSR count). The van der Waals surface area contributed by atoms with Gasteiger partial charge in [0.2, 0.25) is 0 Å². The molecule has 0 fully saturated rings. The van der Waals surface area contributed by atoms with Crippen LogP contribution in [0.2, 0.25) is 5.15 Å². The molecular weight excluding hydrogens is 431 g/mol. The third kappa shape index (κ3) is 3.83. The lowest BCUT2D eigenvalue weighted by molar-refractivity contribution is 0.0695. The molecule has 0 bridgehead atoms. The van der Waals surface area contributed by atoms with E-state index in [0.717, 1.165) is 6.07 Å². The van der Waals surface area contributed by atoms with Crippen molar-refractivity contribution in [1.29, 1.82) is 0 Å². The number of nitrogens with one attached hydrogen (secondary N) is 1. The molecule has 0 aliphatic heterocycles. The Morgan fingerprint density at radius 2 is 2.00 bits per heavy atom. The van der Waals surface area contributed by atoms with E-state index in [1.165, 1.54) is 24.3 Å². The summed E-state index contributed by atoms with van der Waals surface area (Å²) in [5.41, 5.74) is -0.0856. The first-order chi connectivity index (χ1) is 9.79. The number of sulfonamides is 1. The summed E-state index contributed by atoms with van der Waals surface area (Å²) in [7, 11) is -3.94. The third-order valence-corrected chi connectivity index (χ3v) is 4.94. The molecule has 0 unspecified atom stereocenters. The number of benzene rings is 1. The molecule has 0 atom stereocenters. The Morgan fingerprint density at radius 3 is 2.62 bits per heavy atom. The first-order valence-corrected chi connectivity index (χ1v) is 8.42. The van der Waals surface area contributed by atoms with Gasteiger partial charge in [0.05, 0.1) is 10.5 Å². The van der Waals surface area contributed by atoms with Crippen LogP contribution in [0.5, 0.6) is 0 Å². The van der Waals surface area contributed by atoms with Crippen LogP contribution in [0.15, 0.2) is 41.3 Å². The highest BCUT2D eigenvalue weighted by Gasteiger charge is 2.18. The van der Waals surface area contributed by atoms with Gasteiger partial charge in [-0.15, -0.1) is 0 Å². The summed E-state index contributed by atoms with van der Waals surface area (Å²) in [5, 5.41) is 9.17. The Morgan fingerprint density at radius 1 is 1.29 bits per heavy atom. The number of carboxylic acids is 1. The zero-order valence-electron chi connectivity index (χ0n) is 10.2. The van der Waals surface area contributed by atoms with E-state index in [2.05, 4.69) is 9.71 Å². The molecule has 21 heavy (non-hydrogen) atoms. The third-order valence-electron chi connectivity index (χ3n) is 2.43. The number of aromatic carboxylic acids is 1. The molecule has 1 aromatic heterocycles. The van der Waals surface area contributed by atoms with E-state index in [1.807, 2.05) is 22.6 Å². The minimum atomic E-state index is -3.94. The van der Waals surface area contributed by atoms with Crippen LogP contribution in [-0.4, -0.2) is 24.5 Å². The molecule has 2 N–H and O–H groups in total. The van der Waals surface area contributed by atoms with E-state index in [1.54, 1.807) is 6.07 Å². The fourth-order valence-corrected chi connectivity index (χ4v) is 3.25. The second-order valence-electron chi connectivity index (χ2n) is 3.90. The van der Waals surface area contributed by atoms with Gasteiger partial charge in [-0.2, -0.15) is 0 Å². The molecule has 110 valence electrons. The number of anilines is 1. The average Bonchev–Trinajstić information content (AvgIpc) is 2.38. The van der Waals surface area contributed by atoms with Crippen LogP contribution in [0.25, 0.3) is 0 Å². The summed E-state index contributed by atoms with van der Waals surface area (Å²) in [6, 6.07) is 8.33. The van der Waals surface area contributed by atoms with Gasteiger partial charge < -0.3 is 5.11 Å². The van der Waals surface area contributed by atoms with Crippen molar-refractivity contribution in [2.24, 2.45) is 0 Å². The molecule has 0 aliphatic rings. The second-order valence-corrected chi connectivity index (χ2v) is 7.13. The second kappa shape index (κ2) is 6.16. The zero-order chi connectivity index (χ0) is 15.6. The van der Waals surface area contributed by atoms with Crippen LogP contribution in [0.1, 0.15) is 10.4 Å². The van der Waals surface area contributed by atoms with Crippen LogP contribution in [0.4, 0.5) is 5.82 Å². The Bertz CT molecular complexity index is 811. The first kappa shape index (κ1) is 16.0. The number of hydrogen-bond donors (Lipinski definition) is 2. The number of pyridine rings is 1. The van der Waals surface area contributed by atoms with Crippen molar-refractivity contribution in [3.05, 3.63) is 50.7 Å². The van der Waals surface area contributed by atoms with E-state index < -0.39 is 16.0 Å². The van der Waals surface area contributed by atoms with Crippen molar-refractivity contribution in [2.75, 3.05) is 4.72 Å². The molecule has 0 aliphatic carbocycles. The summed E-state index contributed by atoms with van der Waals surface area (Å²) in [5.74, 6) is -1.14. The molecule has 0 radical (unpaired) electrons. The number of rotatable bonds is 4. The minimum Gasteiger partial charge on any atom is -0.478 e. The lowest BCUT2D eigenvalue weighted by Crippen LogP contribution is -2.15. The standard InChI is InChI=1S/C12H8ClIN2O4S/c13-10-2-1-3-11(15-10)16-21(19,20)7-4-5-9(14)8(6-7)12(17)18/h1-6H,(H,15,16)(H,17,18). The minimum absolute atomic E-state index is 0.0536. The normalized spacial score (nSPS) is 11.1. The first-order valence-electron chi connectivity index (χ1n) is 5.48. The predicted octanol–water partition coefficient (Wildman–Crippen LogP) is 2.84. The van der Waals surface area contributed by atoms with Crippen LogP contribution in [0, 0.1) is 3.57 Å². The Labute approximate surface area is 139 Å². The molecule has 0 saturated heterocycles. The highest BCUT2D eigenvalue weighted by molar-refractivity contribution is 14.1. The number of halogens is 2. The lowest BCUT2D eigenvalue weighted by atomic mass is 10.2. The smallest absolute Gasteiger partial charge is 0.336 e. The number of nitrogens with zero attached hydrogens (tertiary/aromatic N) is 1. The van der Waals surface area contributed by atoms with Crippen LogP contribution < -0.4 is 4.72 Å². The van der Waals surface area contributed by atoms with E-state index in [0.29, 0.717) is 3.57 Å².